The van der Waals surface area contributed by atoms with Gasteiger partial charge in [0.05, 0.1) is 5.56 Å². The van der Waals surface area contributed by atoms with E-state index in [-0.39, 0.29) is 11.3 Å². The van der Waals surface area contributed by atoms with E-state index in [4.69, 9.17) is 5.11 Å². The number of carbonyl (C=O) groups is 1. The van der Waals surface area contributed by atoms with Crippen LogP contribution in [0.2, 0.25) is 0 Å². The minimum Gasteiger partial charge on any atom is -0.507 e. The average Bonchev–Trinajstić information content (AvgIpc) is 2.37. The van der Waals surface area contributed by atoms with Gasteiger partial charge in [0.2, 0.25) is 0 Å². The third-order valence-corrected chi connectivity index (χ3v) is 3.66. The van der Waals surface area contributed by atoms with Gasteiger partial charge in [0.25, 0.3) is 0 Å². The number of para-hydroxylation sites is 1. The molecule has 2 aromatic rings. The number of rotatable bonds is 4. The summed E-state index contributed by atoms with van der Waals surface area (Å²) in [7, 11) is 0. The molecule has 19 heavy (non-hydrogen) atoms. The van der Waals surface area contributed by atoms with Crippen LogP contribution in [0.1, 0.15) is 15.9 Å². The van der Waals surface area contributed by atoms with Gasteiger partial charge in [-0.25, -0.2) is 9.18 Å². The van der Waals surface area contributed by atoms with Crippen LogP contribution in [0.15, 0.2) is 47.4 Å². The maximum absolute atomic E-state index is 13.5. The van der Waals surface area contributed by atoms with E-state index in [1.807, 2.05) is 0 Å². The number of phenols is 1. The predicted molar refractivity (Wildman–Crippen MR) is 71.0 cm³/mol. The quantitative estimate of drug-likeness (QED) is 0.840. The summed E-state index contributed by atoms with van der Waals surface area (Å²) in [6.07, 6.45) is 0. The van der Waals surface area contributed by atoms with Gasteiger partial charge in [0.1, 0.15) is 11.6 Å². The number of aromatic hydroxyl groups is 1. The first kappa shape index (κ1) is 13.4. The number of hydrogen-bond acceptors (Lipinski definition) is 3. The highest BCUT2D eigenvalue weighted by Crippen LogP contribution is 2.30. The lowest BCUT2D eigenvalue weighted by molar-refractivity contribution is 0.0692. The zero-order valence-corrected chi connectivity index (χ0v) is 10.7. The number of carboxylic acids is 1. The standard InChI is InChI=1S/C14H11FO3S/c15-11-7-9(5-6-10(11)14(17)18)8-19-13-4-2-1-3-12(13)16/h1-7,16H,8H2,(H,17,18). The Bertz CT molecular complexity index is 613. The van der Waals surface area contributed by atoms with E-state index in [2.05, 4.69) is 0 Å². The fourth-order valence-corrected chi connectivity index (χ4v) is 2.45. The molecule has 98 valence electrons. The van der Waals surface area contributed by atoms with Crippen molar-refractivity contribution >= 4 is 17.7 Å². The summed E-state index contributed by atoms with van der Waals surface area (Å²) in [5.74, 6) is -1.40. The van der Waals surface area contributed by atoms with Crippen LogP contribution < -0.4 is 0 Å². The normalized spacial score (nSPS) is 10.4. The highest BCUT2D eigenvalue weighted by Gasteiger charge is 2.10. The van der Waals surface area contributed by atoms with Crippen LogP contribution in [0.25, 0.3) is 0 Å². The number of phenolic OH excluding ortho intramolecular Hbond substituents is 1. The van der Waals surface area contributed by atoms with E-state index >= 15 is 0 Å². The molecule has 2 N–H and O–H groups in total. The van der Waals surface area contributed by atoms with Crippen molar-refractivity contribution in [2.45, 2.75) is 10.6 Å². The van der Waals surface area contributed by atoms with Gasteiger partial charge in [-0.15, -0.1) is 11.8 Å². The van der Waals surface area contributed by atoms with E-state index in [0.29, 0.717) is 16.2 Å². The molecule has 5 heteroatoms. The first-order valence-corrected chi connectivity index (χ1v) is 6.49. The summed E-state index contributed by atoms with van der Waals surface area (Å²) >= 11 is 1.36. The topological polar surface area (TPSA) is 57.5 Å². The largest absolute Gasteiger partial charge is 0.507 e. The second-order valence-electron chi connectivity index (χ2n) is 3.88. The molecule has 0 saturated heterocycles. The summed E-state index contributed by atoms with van der Waals surface area (Å²) in [5.41, 5.74) is 0.326. The highest BCUT2D eigenvalue weighted by atomic mass is 32.2. The summed E-state index contributed by atoms with van der Waals surface area (Å²) in [4.78, 5) is 11.4. The van der Waals surface area contributed by atoms with Crippen LogP contribution >= 0.6 is 11.8 Å². The summed E-state index contributed by atoms with van der Waals surface area (Å²) in [5, 5.41) is 18.3. The Morgan fingerprint density at radius 2 is 1.95 bits per heavy atom. The zero-order chi connectivity index (χ0) is 13.8. The summed E-state index contributed by atoms with van der Waals surface area (Å²) in [6.45, 7) is 0. The number of aromatic carboxylic acids is 1. The first-order valence-electron chi connectivity index (χ1n) is 5.50. The van der Waals surface area contributed by atoms with E-state index in [9.17, 15) is 14.3 Å². The summed E-state index contributed by atoms with van der Waals surface area (Å²) < 4.78 is 13.5. The minimum atomic E-state index is -1.28. The lowest BCUT2D eigenvalue weighted by atomic mass is 10.1. The monoisotopic (exact) mass is 278 g/mol. The van der Waals surface area contributed by atoms with Gasteiger partial charge in [0.15, 0.2) is 0 Å². The van der Waals surface area contributed by atoms with Crippen LogP contribution in [0, 0.1) is 5.82 Å². The van der Waals surface area contributed by atoms with Crippen molar-refractivity contribution in [3.05, 3.63) is 59.4 Å². The molecule has 0 radical (unpaired) electrons. The first-order chi connectivity index (χ1) is 9.08. The van der Waals surface area contributed by atoms with E-state index in [1.165, 1.54) is 23.9 Å². The Kier molecular flexibility index (Phi) is 4.06. The van der Waals surface area contributed by atoms with Gasteiger partial charge in [0, 0.05) is 10.6 Å². The van der Waals surface area contributed by atoms with Gasteiger partial charge >= 0.3 is 5.97 Å². The highest BCUT2D eigenvalue weighted by molar-refractivity contribution is 7.98. The van der Waals surface area contributed by atoms with Crippen LogP contribution in [0.5, 0.6) is 5.75 Å². The molecule has 2 rings (SSSR count). The van der Waals surface area contributed by atoms with Crippen molar-refractivity contribution in [2.24, 2.45) is 0 Å². The predicted octanol–water partition coefficient (Wildman–Crippen LogP) is 3.52. The van der Waals surface area contributed by atoms with Crippen LogP contribution in [0.3, 0.4) is 0 Å². The molecule has 0 unspecified atom stereocenters. The fourth-order valence-electron chi connectivity index (χ4n) is 1.56. The van der Waals surface area contributed by atoms with Crippen molar-refractivity contribution in [3.8, 4) is 5.75 Å². The van der Waals surface area contributed by atoms with Gasteiger partial charge < -0.3 is 10.2 Å². The average molecular weight is 278 g/mol. The summed E-state index contributed by atoms with van der Waals surface area (Å²) in [6, 6.07) is 10.9. The van der Waals surface area contributed by atoms with Gasteiger partial charge in [-0.05, 0) is 29.8 Å². The second-order valence-corrected chi connectivity index (χ2v) is 4.89. The molecule has 0 aliphatic heterocycles. The van der Waals surface area contributed by atoms with Crippen LogP contribution in [-0.4, -0.2) is 16.2 Å². The maximum Gasteiger partial charge on any atom is 0.338 e. The molecule has 0 aromatic heterocycles. The van der Waals surface area contributed by atoms with Crippen molar-refractivity contribution in [1.82, 2.24) is 0 Å². The fraction of sp³-hybridized carbons (Fsp3) is 0.0714. The molecular weight excluding hydrogens is 267 g/mol. The molecule has 2 aromatic carbocycles. The third-order valence-electron chi connectivity index (χ3n) is 2.52. The molecule has 0 bridgehead atoms. The van der Waals surface area contributed by atoms with Gasteiger partial charge in [-0.2, -0.15) is 0 Å². The molecule has 0 atom stereocenters. The molecule has 3 nitrogen and oxygen atoms in total. The molecule has 0 fully saturated rings. The molecule has 0 spiro atoms. The number of hydrogen-bond donors (Lipinski definition) is 2. The lowest BCUT2D eigenvalue weighted by Gasteiger charge is -2.05. The SMILES string of the molecule is O=C(O)c1ccc(CSc2ccccc2O)cc1F. The second kappa shape index (κ2) is 5.75. The molecule has 0 heterocycles. The Balaban J connectivity index is 2.11. The molecular formula is C14H11FO3S. The van der Waals surface area contributed by atoms with Crippen molar-refractivity contribution in [3.63, 3.8) is 0 Å². The third kappa shape index (κ3) is 3.26. The Morgan fingerprint density at radius 3 is 2.58 bits per heavy atom. The molecule has 0 aliphatic carbocycles. The lowest BCUT2D eigenvalue weighted by Crippen LogP contribution is -2.00. The molecule has 0 aliphatic rings. The molecule has 0 amide bonds. The minimum absolute atomic E-state index is 0.176. The van der Waals surface area contributed by atoms with Crippen molar-refractivity contribution < 1.29 is 19.4 Å². The molecule has 0 saturated carbocycles. The van der Waals surface area contributed by atoms with E-state index in [1.54, 1.807) is 30.3 Å². The zero-order valence-electron chi connectivity index (χ0n) is 9.84. The van der Waals surface area contributed by atoms with Crippen LogP contribution in [-0.2, 0) is 5.75 Å². The van der Waals surface area contributed by atoms with E-state index in [0.717, 1.165) is 0 Å². The van der Waals surface area contributed by atoms with Gasteiger partial charge in [-0.1, -0.05) is 18.2 Å². The van der Waals surface area contributed by atoms with Crippen LogP contribution in [0.4, 0.5) is 4.39 Å². The number of halogens is 1. The van der Waals surface area contributed by atoms with E-state index < -0.39 is 11.8 Å². The Morgan fingerprint density at radius 1 is 1.21 bits per heavy atom. The number of thioether (sulfide) groups is 1. The Hall–Kier alpha value is -2.01. The Labute approximate surface area is 113 Å². The number of carboxylic acid groups (broad SMARTS) is 1. The van der Waals surface area contributed by atoms with Gasteiger partial charge in [-0.3, -0.25) is 0 Å². The van der Waals surface area contributed by atoms with Crippen molar-refractivity contribution in [2.75, 3.05) is 0 Å². The smallest absolute Gasteiger partial charge is 0.338 e. The number of benzene rings is 2. The maximum atomic E-state index is 13.5. The van der Waals surface area contributed by atoms with Crippen molar-refractivity contribution in [1.29, 1.82) is 0 Å².